The van der Waals surface area contributed by atoms with Gasteiger partial charge in [0.2, 0.25) is 5.91 Å². The Hall–Kier alpha value is -1.19. The topological polar surface area (TPSA) is 73.9 Å². The number of nitrogens with one attached hydrogen (secondary N) is 1. The van der Waals surface area contributed by atoms with E-state index in [2.05, 4.69) is 0 Å². The first-order chi connectivity index (χ1) is 9.38. The highest BCUT2D eigenvalue weighted by Gasteiger charge is 2.39. The highest BCUT2D eigenvalue weighted by molar-refractivity contribution is 5.97. The minimum atomic E-state index is -5.05. The molecule has 2 amide bonds. The Bertz CT molecular complexity index is 296. The van der Waals surface area contributed by atoms with Gasteiger partial charge in [-0.2, -0.15) is 13.2 Å². The van der Waals surface area contributed by atoms with Gasteiger partial charge in [-0.15, -0.1) is 0 Å². The van der Waals surface area contributed by atoms with Gasteiger partial charge in [0.1, 0.15) is 0 Å². The van der Waals surface area contributed by atoms with Gasteiger partial charge in [0.05, 0.1) is 26.4 Å². The number of carbonyl (C=O) groups excluding carboxylic acids is 2. The van der Waals surface area contributed by atoms with Crippen LogP contribution in [0.1, 0.15) is 12.8 Å². The van der Waals surface area contributed by atoms with Crippen molar-refractivity contribution in [3.8, 4) is 0 Å². The number of alkyl halides is 3. The third-order valence-electron chi connectivity index (χ3n) is 2.01. The van der Waals surface area contributed by atoms with Gasteiger partial charge in [-0.25, -0.2) is 0 Å². The van der Waals surface area contributed by atoms with Gasteiger partial charge >= 0.3 is 12.1 Å². The summed E-state index contributed by atoms with van der Waals surface area (Å²) in [5.41, 5.74) is 0. The molecule has 0 saturated heterocycles. The van der Waals surface area contributed by atoms with Gasteiger partial charge in [0, 0.05) is 20.1 Å². The molecule has 1 N–H and O–H groups in total. The third-order valence-corrected chi connectivity index (χ3v) is 2.01. The molecule has 0 heterocycles. The van der Waals surface area contributed by atoms with Gasteiger partial charge in [0.15, 0.2) is 0 Å². The highest BCUT2D eigenvalue weighted by Crippen LogP contribution is 2.14. The zero-order valence-electron chi connectivity index (χ0n) is 11.1. The first kappa shape index (κ1) is 18.8. The van der Waals surface area contributed by atoms with Crippen LogP contribution in [0.5, 0.6) is 0 Å². The number of methoxy groups -OCH3 is 1. The van der Waals surface area contributed by atoms with E-state index >= 15 is 0 Å². The van der Waals surface area contributed by atoms with Crippen LogP contribution in [0.4, 0.5) is 13.2 Å². The summed E-state index contributed by atoms with van der Waals surface area (Å²) in [6.07, 6.45) is -5.05. The van der Waals surface area contributed by atoms with E-state index in [1.165, 1.54) is 5.32 Å². The second kappa shape index (κ2) is 10.6. The summed E-state index contributed by atoms with van der Waals surface area (Å²) in [5, 5.41) is 1.25. The lowest BCUT2D eigenvalue weighted by Crippen LogP contribution is -2.40. The van der Waals surface area contributed by atoms with Crippen molar-refractivity contribution >= 4 is 11.8 Å². The van der Waals surface area contributed by atoms with Crippen molar-refractivity contribution in [2.24, 2.45) is 0 Å². The first-order valence-corrected chi connectivity index (χ1v) is 5.93. The maximum Gasteiger partial charge on any atom is 0.471 e. The molecule has 0 aliphatic carbocycles. The smallest absolute Gasteiger partial charge is 0.382 e. The second-order valence-electron chi connectivity index (χ2n) is 3.70. The van der Waals surface area contributed by atoms with Crippen LogP contribution in [0.25, 0.3) is 0 Å². The van der Waals surface area contributed by atoms with Gasteiger partial charge in [-0.3, -0.25) is 14.9 Å². The minimum Gasteiger partial charge on any atom is -0.382 e. The average Bonchev–Trinajstić information content (AvgIpc) is 2.35. The molecule has 0 saturated carbocycles. The molecule has 0 unspecified atom stereocenters. The molecule has 0 bridgehead atoms. The van der Waals surface area contributed by atoms with E-state index in [-0.39, 0.29) is 19.4 Å². The SMILES string of the molecule is COCCOCCOCCCC(=O)NC(=O)C(F)(F)F. The van der Waals surface area contributed by atoms with Crippen LogP contribution in [0.15, 0.2) is 0 Å². The average molecular weight is 301 g/mol. The number of halogens is 3. The van der Waals surface area contributed by atoms with Crippen LogP contribution in [0.3, 0.4) is 0 Å². The molecule has 0 aromatic heterocycles. The summed E-state index contributed by atoms with van der Waals surface area (Å²) in [5.74, 6) is -3.23. The molecule has 0 spiro atoms. The summed E-state index contributed by atoms with van der Waals surface area (Å²) in [6.45, 7) is 1.80. The van der Waals surface area contributed by atoms with Crippen molar-refractivity contribution in [1.29, 1.82) is 0 Å². The van der Waals surface area contributed by atoms with E-state index in [0.717, 1.165) is 0 Å². The lowest BCUT2D eigenvalue weighted by atomic mass is 10.3. The van der Waals surface area contributed by atoms with Crippen LogP contribution in [0.2, 0.25) is 0 Å². The number of hydrogen-bond acceptors (Lipinski definition) is 5. The Labute approximate surface area is 114 Å². The predicted molar refractivity (Wildman–Crippen MR) is 62.0 cm³/mol. The molecule has 9 heteroatoms. The fraction of sp³-hybridized carbons (Fsp3) is 0.818. The number of amides is 2. The Morgan fingerprint density at radius 1 is 1.00 bits per heavy atom. The summed E-state index contributed by atoms with van der Waals surface area (Å²) >= 11 is 0. The van der Waals surface area contributed by atoms with Crippen molar-refractivity contribution in [2.45, 2.75) is 19.0 Å². The fourth-order valence-electron chi connectivity index (χ4n) is 1.06. The predicted octanol–water partition coefficient (Wildman–Crippen LogP) is 0.651. The van der Waals surface area contributed by atoms with Gasteiger partial charge in [-0.05, 0) is 6.42 Å². The summed E-state index contributed by atoms with van der Waals surface area (Å²) in [4.78, 5) is 21.4. The molecule has 118 valence electrons. The molecule has 20 heavy (non-hydrogen) atoms. The first-order valence-electron chi connectivity index (χ1n) is 5.93. The normalized spacial score (nSPS) is 11.4. The van der Waals surface area contributed by atoms with Gasteiger partial charge in [0.25, 0.3) is 0 Å². The van der Waals surface area contributed by atoms with Crippen LogP contribution in [-0.4, -0.2) is 58.1 Å². The van der Waals surface area contributed by atoms with Crippen molar-refractivity contribution in [1.82, 2.24) is 5.32 Å². The Kier molecular flexibility index (Phi) is 9.95. The van der Waals surface area contributed by atoms with Crippen molar-refractivity contribution in [2.75, 3.05) is 40.1 Å². The Morgan fingerprint density at radius 3 is 2.10 bits per heavy atom. The lowest BCUT2D eigenvalue weighted by molar-refractivity contribution is -0.174. The second-order valence-corrected chi connectivity index (χ2v) is 3.70. The maximum absolute atomic E-state index is 11.8. The number of rotatable bonds is 10. The van der Waals surface area contributed by atoms with Crippen LogP contribution >= 0.6 is 0 Å². The largest absolute Gasteiger partial charge is 0.471 e. The van der Waals surface area contributed by atoms with E-state index in [4.69, 9.17) is 14.2 Å². The number of hydrogen-bond donors (Lipinski definition) is 1. The van der Waals surface area contributed by atoms with Gasteiger partial charge in [-0.1, -0.05) is 0 Å². The minimum absolute atomic E-state index is 0.196. The Balaban J connectivity index is 3.43. The van der Waals surface area contributed by atoms with Gasteiger partial charge < -0.3 is 14.2 Å². The van der Waals surface area contributed by atoms with E-state index < -0.39 is 18.0 Å². The molecular formula is C11H18F3NO5. The fourth-order valence-corrected chi connectivity index (χ4v) is 1.06. The number of imide groups is 1. The molecule has 0 aliphatic heterocycles. The van der Waals surface area contributed by atoms with Crippen molar-refractivity contribution in [3.63, 3.8) is 0 Å². The quantitative estimate of drug-likeness (QED) is 0.600. The lowest BCUT2D eigenvalue weighted by Gasteiger charge is -2.07. The van der Waals surface area contributed by atoms with Crippen LogP contribution < -0.4 is 5.32 Å². The van der Waals surface area contributed by atoms with E-state index in [9.17, 15) is 22.8 Å². The van der Waals surface area contributed by atoms with Crippen molar-refractivity contribution < 1.29 is 37.0 Å². The molecule has 6 nitrogen and oxygen atoms in total. The number of ether oxygens (including phenoxy) is 3. The third kappa shape index (κ3) is 10.7. The number of carbonyl (C=O) groups is 2. The Morgan fingerprint density at radius 2 is 1.55 bits per heavy atom. The van der Waals surface area contributed by atoms with Crippen LogP contribution in [-0.2, 0) is 23.8 Å². The zero-order valence-corrected chi connectivity index (χ0v) is 11.1. The monoisotopic (exact) mass is 301 g/mol. The molecule has 0 aromatic carbocycles. The van der Waals surface area contributed by atoms with E-state index in [1.807, 2.05) is 0 Å². The molecule has 0 aliphatic rings. The summed E-state index contributed by atoms with van der Waals surface area (Å²) in [6, 6.07) is 0. The molecule has 0 rings (SSSR count). The molecule has 0 atom stereocenters. The van der Waals surface area contributed by atoms with E-state index in [0.29, 0.717) is 26.4 Å². The summed E-state index contributed by atoms with van der Waals surface area (Å²) < 4.78 is 50.4. The van der Waals surface area contributed by atoms with Crippen molar-refractivity contribution in [3.05, 3.63) is 0 Å². The molecule has 0 aromatic rings. The highest BCUT2D eigenvalue weighted by atomic mass is 19.4. The molecule has 0 fully saturated rings. The van der Waals surface area contributed by atoms with E-state index in [1.54, 1.807) is 7.11 Å². The molecule has 0 radical (unpaired) electrons. The maximum atomic E-state index is 11.8. The van der Waals surface area contributed by atoms with Crippen LogP contribution in [0, 0.1) is 0 Å². The standard InChI is InChI=1S/C11H18F3NO5/c1-18-5-6-20-8-7-19-4-2-3-9(16)15-10(17)11(12,13)14/h2-8H2,1H3,(H,15,16,17). The summed E-state index contributed by atoms with van der Waals surface area (Å²) in [7, 11) is 1.55. The zero-order chi connectivity index (χ0) is 15.4. The molecular weight excluding hydrogens is 283 g/mol.